The van der Waals surface area contributed by atoms with E-state index >= 15 is 0 Å². The minimum absolute atomic E-state index is 0.0351. The zero-order valence-corrected chi connectivity index (χ0v) is 15.1. The lowest BCUT2D eigenvalue weighted by atomic mass is 10.0. The maximum absolute atomic E-state index is 12.6. The number of benzene rings is 1. The summed E-state index contributed by atoms with van der Waals surface area (Å²) in [5.74, 6) is 0.0351. The Morgan fingerprint density at radius 2 is 2.17 bits per heavy atom. The molecule has 5 heteroatoms. The van der Waals surface area contributed by atoms with E-state index in [2.05, 4.69) is 28.7 Å². The number of amides is 1. The van der Waals surface area contributed by atoms with Crippen molar-refractivity contribution in [2.45, 2.75) is 32.7 Å². The number of thiazole rings is 1. The Balaban J connectivity index is 1.96. The number of aromatic nitrogens is 1. The van der Waals surface area contributed by atoms with E-state index in [1.165, 1.54) is 0 Å². The third kappa shape index (κ3) is 4.88. The molecule has 2 rings (SSSR count). The van der Waals surface area contributed by atoms with E-state index < -0.39 is 0 Å². The summed E-state index contributed by atoms with van der Waals surface area (Å²) < 4.78 is 0. The number of nitrogens with zero attached hydrogens (tertiary/aromatic N) is 2. The first kappa shape index (κ1) is 17.6. The second kappa shape index (κ2) is 8.22. The molecule has 0 saturated heterocycles. The minimum atomic E-state index is -0.266. The maximum atomic E-state index is 12.6. The molecule has 23 heavy (non-hydrogen) atoms. The molecule has 2 aromatic rings. The second-order valence-corrected chi connectivity index (χ2v) is 6.85. The van der Waals surface area contributed by atoms with E-state index in [1.54, 1.807) is 11.3 Å². The summed E-state index contributed by atoms with van der Waals surface area (Å²) in [5.41, 5.74) is 3.31. The standard InChI is InChI=1S/C18H25N3OS/c1-5-15-12-23-16(20-15)9-10-19-18(22)17(21(3)4)14-8-6-7-13(2)11-14/h6-8,11-12,17H,5,9-10H2,1-4H3,(H,19,22)/t17-/m1/s1. The third-order valence-corrected chi connectivity index (χ3v) is 4.68. The van der Waals surface area contributed by atoms with Crippen molar-refractivity contribution in [3.05, 3.63) is 51.5 Å². The smallest absolute Gasteiger partial charge is 0.241 e. The molecular weight excluding hydrogens is 306 g/mol. The molecule has 0 aliphatic heterocycles. The van der Waals surface area contributed by atoms with E-state index in [0.717, 1.165) is 34.7 Å². The number of aryl methyl sites for hydroxylation is 2. The number of rotatable bonds is 7. The molecule has 1 aromatic carbocycles. The maximum Gasteiger partial charge on any atom is 0.241 e. The quantitative estimate of drug-likeness (QED) is 0.848. The van der Waals surface area contributed by atoms with Crippen molar-refractivity contribution >= 4 is 17.2 Å². The van der Waals surface area contributed by atoms with Crippen LogP contribution in [0.4, 0.5) is 0 Å². The van der Waals surface area contributed by atoms with Gasteiger partial charge in [0.1, 0.15) is 6.04 Å². The predicted molar refractivity (Wildman–Crippen MR) is 95.8 cm³/mol. The van der Waals surface area contributed by atoms with Crippen molar-refractivity contribution in [3.63, 3.8) is 0 Å². The molecule has 0 fully saturated rings. The van der Waals surface area contributed by atoms with Crippen LogP contribution < -0.4 is 5.32 Å². The first-order chi connectivity index (χ1) is 11.0. The van der Waals surface area contributed by atoms with Crippen LogP contribution in [0.3, 0.4) is 0 Å². The van der Waals surface area contributed by atoms with Crippen LogP contribution in [0.25, 0.3) is 0 Å². The number of likely N-dealkylation sites (N-methyl/N-ethyl adjacent to an activating group) is 1. The molecule has 0 aliphatic rings. The minimum Gasteiger partial charge on any atom is -0.354 e. The van der Waals surface area contributed by atoms with Gasteiger partial charge >= 0.3 is 0 Å². The van der Waals surface area contributed by atoms with E-state index in [1.807, 2.05) is 44.1 Å². The Hall–Kier alpha value is -1.72. The Labute approximate surface area is 142 Å². The first-order valence-electron chi connectivity index (χ1n) is 7.95. The van der Waals surface area contributed by atoms with Gasteiger partial charge in [-0.3, -0.25) is 9.69 Å². The molecule has 0 saturated carbocycles. The molecule has 0 unspecified atom stereocenters. The number of hydrogen-bond donors (Lipinski definition) is 1. The van der Waals surface area contributed by atoms with Gasteiger partial charge < -0.3 is 5.32 Å². The van der Waals surface area contributed by atoms with Crippen LogP contribution in [0.2, 0.25) is 0 Å². The highest BCUT2D eigenvalue weighted by molar-refractivity contribution is 7.09. The molecule has 124 valence electrons. The van der Waals surface area contributed by atoms with Crippen molar-refractivity contribution in [1.29, 1.82) is 0 Å². The van der Waals surface area contributed by atoms with Crippen molar-refractivity contribution < 1.29 is 4.79 Å². The molecule has 0 aliphatic carbocycles. The van der Waals surface area contributed by atoms with Gasteiger partial charge in [0.2, 0.25) is 5.91 Å². The Morgan fingerprint density at radius 3 is 2.78 bits per heavy atom. The van der Waals surface area contributed by atoms with Gasteiger partial charge in [-0.1, -0.05) is 36.8 Å². The number of carbonyl (C=O) groups excluding carboxylic acids is 1. The fourth-order valence-corrected chi connectivity index (χ4v) is 3.42. The summed E-state index contributed by atoms with van der Waals surface area (Å²) in [6.45, 7) is 4.76. The molecule has 1 aromatic heterocycles. The summed E-state index contributed by atoms with van der Waals surface area (Å²) in [6, 6.07) is 7.85. The number of nitrogens with one attached hydrogen (secondary N) is 1. The van der Waals surface area contributed by atoms with Gasteiger partial charge in [-0.2, -0.15) is 0 Å². The van der Waals surface area contributed by atoms with Crippen molar-refractivity contribution in [2.24, 2.45) is 0 Å². The monoisotopic (exact) mass is 331 g/mol. The molecule has 1 heterocycles. The van der Waals surface area contributed by atoms with Gasteiger partial charge in [0.05, 0.1) is 10.7 Å². The molecule has 0 radical (unpaired) electrons. The number of hydrogen-bond acceptors (Lipinski definition) is 4. The SMILES string of the molecule is CCc1csc(CCNC(=O)[C@@H](c2cccc(C)c2)N(C)C)n1. The van der Waals surface area contributed by atoms with Crippen molar-refractivity contribution in [1.82, 2.24) is 15.2 Å². The fraction of sp³-hybridized carbons (Fsp3) is 0.444. The Kier molecular flexibility index (Phi) is 6.30. The highest BCUT2D eigenvalue weighted by Crippen LogP contribution is 2.19. The molecular formula is C18H25N3OS. The van der Waals surface area contributed by atoms with Crippen LogP contribution in [0.5, 0.6) is 0 Å². The fourth-order valence-electron chi connectivity index (χ4n) is 2.54. The molecule has 1 atom stereocenters. The van der Waals surface area contributed by atoms with Crippen LogP contribution in [0, 0.1) is 6.92 Å². The highest BCUT2D eigenvalue weighted by Gasteiger charge is 2.22. The van der Waals surface area contributed by atoms with Crippen LogP contribution >= 0.6 is 11.3 Å². The molecule has 0 spiro atoms. The number of carbonyl (C=O) groups is 1. The molecule has 1 amide bonds. The van der Waals surface area contributed by atoms with Crippen LogP contribution in [-0.2, 0) is 17.6 Å². The lowest BCUT2D eigenvalue weighted by molar-refractivity contribution is -0.125. The van der Waals surface area contributed by atoms with Crippen LogP contribution in [0.15, 0.2) is 29.6 Å². The van der Waals surface area contributed by atoms with Crippen molar-refractivity contribution in [2.75, 3.05) is 20.6 Å². The summed E-state index contributed by atoms with van der Waals surface area (Å²) in [6.07, 6.45) is 1.74. The normalized spacial score (nSPS) is 12.4. The van der Waals surface area contributed by atoms with E-state index in [-0.39, 0.29) is 11.9 Å². The third-order valence-electron chi connectivity index (χ3n) is 3.72. The lowest BCUT2D eigenvalue weighted by Gasteiger charge is -2.24. The van der Waals surface area contributed by atoms with Gasteiger partial charge in [-0.25, -0.2) is 4.98 Å². The molecule has 4 nitrogen and oxygen atoms in total. The summed E-state index contributed by atoms with van der Waals surface area (Å²) in [5, 5.41) is 6.22. The van der Waals surface area contributed by atoms with Gasteiger partial charge in [-0.15, -0.1) is 11.3 Å². The average molecular weight is 331 g/mol. The van der Waals surface area contributed by atoms with Gasteiger partial charge in [0.15, 0.2) is 0 Å². The van der Waals surface area contributed by atoms with Crippen LogP contribution in [-0.4, -0.2) is 36.4 Å². The van der Waals surface area contributed by atoms with E-state index in [0.29, 0.717) is 6.54 Å². The molecule has 0 bridgehead atoms. The van der Waals surface area contributed by atoms with E-state index in [9.17, 15) is 4.79 Å². The summed E-state index contributed by atoms with van der Waals surface area (Å²) >= 11 is 1.67. The summed E-state index contributed by atoms with van der Waals surface area (Å²) in [7, 11) is 3.86. The van der Waals surface area contributed by atoms with Crippen molar-refractivity contribution in [3.8, 4) is 0 Å². The molecule has 1 N–H and O–H groups in total. The topological polar surface area (TPSA) is 45.2 Å². The zero-order chi connectivity index (χ0) is 16.8. The average Bonchev–Trinajstić information content (AvgIpc) is 2.95. The lowest BCUT2D eigenvalue weighted by Crippen LogP contribution is -2.37. The zero-order valence-electron chi connectivity index (χ0n) is 14.3. The highest BCUT2D eigenvalue weighted by atomic mass is 32.1. The largest absolute Gasteiger partial charge is 0.354 e. The van der Waals surface area contributed by atoms with Gasteiger partial charge in [-0.05, 0) is 33.0 Å². The Morgan fingerprint density at radius 1 is 1.39 bits per heavy atom. The van der Waals surface area contributed by atoms with E-state index in [4.69, 9.17) is 0 Å². The second-order valence-electron chi connectivity index (χ2n) is 5.91. The van der Waals surface area contributed by atoms with Gasteiger partial charge in [0.25, 0.3) is 0 Å². The Bertz CT molecular complexity index is 651. The van der Waals surface area contributed by atoms with Gasteiger partial charge in [0, 0.05) is 18.3 Å². The van der Waals surface area contributed by atoms with Crippen LogP contribution in [0.1, 0.15) is 34.8 Å². The predicted octanol–water partition coefficient (Wildman–Crippen LogP) is 2.98. The first-order valence-corrected chi connectivity index (χ1v) is 8.83. The summed E-state index contributed by atoms with van der Waals surface area (Å²) in [4.78, 5) is 19.1.